The molecule has 0 aromatic heterocycles. The highest BCUT2D eigenvalue weighted by Gasteiger charge is 2.31. The molecule has 1 aliphatic rings. The highest BCUT2D eigenvalue weighted by Crippen LogP contribution is 2.26. The van der Waals surface area contributed by atoms with Crippen LogP contribution in [-0.2, 0) is 4.79 Å². The number of aryl methyl sites for hydroxylation is 2. The van der Waals surface area contributed by atoms with Gasteiger partial charge in [0.2, 0.25) is 5.91 Å². The lowest BCUT2D eigenvalue weighted by Gasteiger charge is -2.34. The van der Waals surface area contributed by atoms with Crippen molar-refractivity contribution < 1.29 is 14.3 Å². The Hall–Kier alpha value is -3.41. The minimum absolute atomic E-state index is 0.0114. The molecule has 0 radical (unpaired) electrons. The quantitative estimate of drug-likeness (QED) is 0.334. The van der Waals surface area contributed by atoms with Gasteiger partial charge in [-0.25, -0.2) is 0 Å². The van der Waals surface area contributed by atoms with E-state index in [9.17, 15) is 9.59 Å². The zero-order chi connectivity index (χ0) is 26.3. The van der Waals surface area contributed by atoms with Crippen LogP contribution in [0.3, 0.4) is 0 Å². The van der Waals surface area contributed by atoms with Crippen LogP contribution in [0.15, 0.2) is 48.0 Å². The predicted molar refractivity (Wildman–Crippen MR) is 147 cm³/mol. The number of carbonyl (C=O) groups is 2. The van der Waals surface area contributed by atoms with Crippen molar-refractivity contribution in [3.8, 4) is 5.75 Å². The highest BCUT2D eigenvalue weighted by molar-refractivity contribution is 5.95. The molecular weight excluding hydrogens is 450 g/mol. The SMILES string of the molecule is C=Cc1cc(C(=O)N2CCC(NC(=O)C(C)(C)CCCOc3cc(C)ccc3C)CC2)ccc1N=C. The van der Waals surface area contributed by atoms with Gasteiger partial charge in [0.1, 0.15) is 5.75 Å². The molecular formula is C30H39N3O3. The fraction of sp³-hybridized carbons (Fsp3) is 0.433. The van der Waals surface area contributed by atoms with Crippen molar-refractivity contribution >= 4 is 30.3 Å². The van der Waals surface area contributed by atoms with Gasteiger partial charge in [0.05, 0.1) is 12.3 Å². The number of amides is 2. The van der Waals surface area contributed by atoms with Gasteiger partial charge in [-0.05, 0) is 81.6 Å². The summed E-state index contributed by atoms with van der Waals surface area (Å²) in [4.78, 5) is 31.8. The number of aliphatic imine (C=N–C) groups is 1. The van der Waals surface area contributed by atoms with Crippen molar-refractivity contribution in [2.75, 3.05) is 19.7 Å². The second kappa shape index (κ2) is 12.0. The normalized spacial score (nSPS) is 14.3. The van der Waals surface area contributed by atoms with Crippen molar-refractivity contribution in [1.29, 1.82) is 0 Å². The van der Waals surface area contributed by atoms with E-state index in [4.69, 9.17) is 4.74 Å². The van der Waals surface area contributed by atoms with Crippen LogP contribution in [0.5, 0.6) is 5.75 Å². The van der Waals surface area contributed by atoms with Crippen LogP contribution in [0.4, 0.5) is 5.69 Å². The molecule has 1 aliphatic heterocycles. The van der Waals surface area contributed by atoms with Gasteiger partial charge in [-0.1, -0.05) is 38.6 Å². The molecule has 0 unspecified atom stereocenters. The average molecular weight is 490 g/mol. The minimum atomic E-state index is -0.486. The summed E-state index contributed by atoms with van der Waals surface area (Å²) in [5.74, 6) is 0.956. The maximum atomic E-state index is 13.0. The first-order valence-electron chi connectivity index (χ1n) is 12.7. The van der Waals surface area contributed by atoms with Crippen LogP contribution >= 0.6 is 0 Å². The third-order valence-electron chi connectivity index (χ3n) is 6.94. The molecule has 1 heterocycles. The number of rotatable bonds is 10. The number of benzene rings is 2. The van der Waals surface area contributed by atoms with Crippen molar-refractivity contribution in [1.82, 2.24) is 10.2 Å². The van der Waals surface area contributed by atoms with E-state index in [1.54, 1.807) is 24.3 Å². The molecule has 192 valence electrons. The Kier molecular flexibility index (Phi) is 9.08. The van der Waals surface area contributed by atoms with E-state index >= 15 is 0 Å². The minimum Gasteiger partial charge on any atom is -0.493 e. The number of hydrogen-bond donors (Lipinski definition) is 1. The summed E-state index contributed by atoms with van der Waals surface area (Å²) in [6, 6.07) is 11.6. The summed E-state index contributed by atoms with van der Waals surface area (Å²) in [7, 11) is 0. The molecule has 6 heteroatoms. The number of piperidine rings is 1. The first-order valence-corrected chi connectivity index (χ1v) is 12.7. The first-order chi connectivity index (χ1) is 17.1. The summed E-state index contributed by atoms with van der Waals surface area (Å²) in [5.41, 5.74) is 3.92. The lowest BCUT2D eigenvalue weighted by Crippen LogP contribution is -2.49. The predicted octanol–water partition coefficient (Wildman–Crippen LogP) is 5.88. The van der Waals surface area contributed by atoms with Crippen LogP contribution in [0, 0.1) is 19.3 Å². The number of nitrogens with zero attached hydrogens (tertiary/aromatic N) is 2. The molecule has 6 nitrogen and oxygen atoms in total. The molecule has 1 fully saturated rings. The standard InChI is InChI=1S/C30H39N3O3/c1-7-23-20-24(11-12-26(23)31-6)28(34)33-16-13-25(14-17-33)32-29(35)30(4,5)15-8-18-36-27-19-21(2)9-10-22(27)3/h7,9-12,19-20,25H,1,6,8,13-18H2,2-5H3,(H,32,35). The van der Waals surface area contributed by atoms with Gasteiger partial charge in [-0.2, -0.15) is 0 Å². The van der Waals surface area contributed by atoms with E-state index in [2.05, 4.69) is 48.7 Å². The monoisotopic (exact) mass is 489 g/mol. The fourth-order valence-electron chi connectivity index (χ4n) is 4.46. The molecule has 2 aromatic carbocycles. The van der Waals surface area contributed by atoms with Crippen LogP contribution in [0.2, 0.25) is 0 Å². The Labute approximate surface area is 215 Å². The number of ether oxygens (including phenoxy) is 1. The van der Waals surface area contributed by atoms with Crippen LogP contribution in [0.25, 0.3) is 6.08 Å². The summed E-state index contributed by atoms with van der Waals surface area (Å²) in [6.07, 6.45) is 4.70. The third kappa shape index (κ3) is 6.84. The molecule has 0 spiro atoms. The van der Waals surface area contributed by atoms with Gasteiger partial charge in [0.15, 0.2) is 0 Å². The van der Waals surface area contributed by atoms with E-state index in [0.717, 1.165) is 42.6 Å². The summed E-state index contributed by atoms with van der Waals surface area (Å²) < 4.78 is 5.96. The van der Waals surface area contributed by atoms with E-state index in [1.807, 2.05) is 25.7 Å². The zero-order valence-corrected chi connectivity index (χ0v) is 22.1. The van der Waals surface area contributed by atoms with Gasteiger partial charge in [0.25, 0.3) is 5.91 Å². The van der Waals surface area contributed by atoms with E-state index in [-0.39, 0.29) is 17.9 Å². The average Bonchev–Trinajstić information content (AvgIpc) is 2.88. The Morgan fingerprint density at radius 3 is 2.56 bits per heavy atom. The molecule has 2 aromatic rings. The van der Waals surface area contributed by atoms with E-state index in [1.165, 1.54) is 5.56 Å². The molecule has 0 bridgehead atoms. The summed E-state index contributed by atoms with van der Waals surface area (Å²) >= 11 is 0. The maximum absolute atomic E-state index is 13.0. The molecule has 2 amide bonds. The smallest absolute Gasteiger partial charge is 0.253 e. The van der Waals surface area contributed by atoms with Crippen LogP contribution in [-0.4, -0.2) is 49.2 Å². The molecule has 0 aliphatic carbocycles. The first kappa shape index (κ1) is 27.2. The van der Waals surface area contributed by atoms with Crippen molar-refractivity contribution in [3.05, 3.63) is 65.2 Å². The number of nitrogens with one attached hydrogen (secondary N) is 1. The lowest BCUT2D eigenvalue weighted by atomic mass is 9.86. The van der Waals surface area contributed by atoms with Gasteiger partial charge >= 0.3 is 0 Å². The maximum Gasteiger partial charge on any atom is 0.253 e. The Morgan fingerprint density at radius 2 is 1.89 bits per heavy atom. The summed E-state index contributed by atoms with van der Waals surface area (Å²) in [6.45, 7) is 17.2. The van der Waals surface area contributed by atoms with Crippen LogP contribution < -0.4 is 10.1 Å². The molecule has 36 heavy (non-hydrogen) atoms. The third-order valence-corrected chi connectivity index (χ3v) is 6.94. The second-order valence-electron chi connectivity index (χ2n) is 10.3. The summed E-state index contributed by atoms with van der Waals surface area (Å²) in [5, 5.41) is 3.22. The lowest BCUT2D eigenvalue weighted by molar-refractivity contribution is -0.130. The molecule has 3 rings (SSSR count). The molecule has 1 saturated heterocycles. The topological polar surface area (TPSA) is 71.0 Å². The zero-order valence-electron chi connectivity index (χ0n) is 22.1. The van der Waals surface area contributed by atoms with Gasteiger partial charge in [-0.3, -0.25) is 14.6 Å². The second-order valence-corrected chi connectivity index (χ2v) is 10.3. The number of likely N-dealkylation sites (tertiary alicyclic amines) is 1. The fourth-order valence-corrected chi connectivity index (χ4v) is 4.46. The Morgan fingerprint density at radius 1 is 1.17 bits per heavy atom. The largest absolute Gasteiger partial charge is 0.493 e. The Bertz CT molecular complexity index is 1110. The van der Waals surface area contributed by atoms with Crippen molar-refractivity contribution in [2.45, 2.75) is 59.4 Å². The Balaban J connectivity index is 1.45. The molecule has 0 saturated carbocycles. The van der Waals surface area contributed by atoms with Gasteiger partial charge < -0.3 is 15.0 Å². The number of carbonyl (C=O) groups excluding carboxylic acids is 2. The van der Waals surface area contributed by atoms with E-state index < -0.39 is 5.41 Å². The van der Waals surface area contributed by atoms with Crippen molar-refractivity contribution in [3.63, 3.8) is 0 Å². The number of hydrogen-bond acceptors (Lipinski definition) is 4. The van der Waals surface area contributed by atoms with E-state index in [0.29, 0.717) is 30.9 Å². The van der Waals surface area contributed by atoms with Gasteiger partial charge in [-0.15, -0.1) is 0 Å². The highest BCUT2D eigenvalue weighted by atomic mass is 16.5. The van der Waals surface area contributed by atoms with Crippen LogP contribution in [0.1, 0.15) is 66.6 Å². The van der Waals surface area contributed by atoms with Gasteiger partial charge in [0, 0.05) is 35.7 Å². The van der Waals surface area contributed by atoms with Crippen molar-refractivity contribution in [2.24, 2.45) is 10.4 Å². The molecule has 0 atom stereocenters. The molecule has 1 N–H and O–H groups in total.